The van der Waals surface area contributed by atoms with Crippen LogP contribution < -0.4 is 5.73 Å². The Balaban J connectivity index is 2.05. The maximum absolute atomic E-state index is 8.86. The highest BCUT2D eigenvalue weighted by Gasteiger charge is 2.29. The monoisotopic (exact) mass is 290 g/mol. The second-order valence-corrected chi connectivity index (χ2v) is 6.81. The number of oxime groups is 1. The zero-order valence-corrected chi connectivity index (χ0v) is 13.2. The predicted molar refractivity (Wildman–Crippen MR) is 84.3 cm³/mol. The molecule has 1 fully saturated rings. The van der Waals surface area contributed by atoms with Crippen LogP contribution in [0.4, 0.5) is 0 Å². The summed E-state index contributed by atoms with van der Waals surface area (Å²) in [7, 11) is 2.14. The largest absolute Gasteiger partial charge is 0.409 e. The number of amidine groups is 1. The molecule has 5 heteroatoms. The molecular formula is C16H26N4O. The molecule has 1 heterocycles. The molecule has 5 nitrogen and oxygen atoms in total. The van der Waals surface area contributed by atoms with E-state index >= 15 is 0 Å². The maximum Gasteiger partial charge on any atom is 0.189 e. The minimum absolute atomic E-state index is 0.0729. The van der Waals surface area contributed by atoms with Gasteiger partial charge >= 0.3 is 0 Å². The van der Waals surface area contributed by atoms with E-state index in [0.29, 0.717) is 17.2 Å². The lowest BCUT2D eigenvalue weighted by Crippen LogP contribution is -2.37. The Bertz CT molecular complexity index is 503. The van der Waals surface area contributed by atoms with Crippen LogP contribution in [0, 0.1) is 5.41 Å². The molecule has 0 bridgehead atoms. The second-order valence-electron chi connectivity index (χ2n) is 6.81. The first-order valence-electron chi connectivity index (χ1n) is 7.55. The topological polar surface area (TPSA) is 74.7 Å². The fraction of sp³-hybridized carbons (Fsp3) is 0.625. The van der Waals surface area contributed by atoms with Crippen molar-refractivity contribution in [1.29, 1.82) is 0 Å². The summed E-state index contributed by atoms with van der Waals surface area (Å²) in [4.78, 5) is 6.59. The van der Waals surface area contributed by atoms with Crippen LogP contribution in [-0.2, 0) is 6.54 Å². The molecule has 0 unspecified atom stereocenters. The molecule has 0 saturated heterocycles. The molecule has 1 aromatic rings. The summed E-state index contributed by atoms with van der Waals surface area (Å²) in [6.45, 7) is 5.46. The van der Waals surface area contributed by atoms with Crippen LogP contribution in [0.2, 0.25) is 0 Å². The van der Waals surface area contributed by atoms with Crippen molar-refractivity contribution in [2.24, 2.45) is 16.3 Å². The lowest BCUT2D eigenvalue weighted by Gasteiger charge is -2.38. The van der Waals surface area contributed by atoms with Crippen molar-refractivity contribution in [3.8, 4) is 0 Å². The molecule has 0 amide bonds. The molecular weight excluding hydrogens is 264 g/mol. The van der Waals surface area contributed by atoms with Gasteiger partial charge in [-0.1, -0.05) is 25.1 Å². The SMILES string of the molecule is CN(Cc1cccnc1/C(N)=N/O)C1CCC(C)(C)CC1. The Morgan fingerprint density at radius 1 is 1.48 bits per heavy atom. The number of aromatic nitrogens is 1. The van der Waals surface area contributed by atoms with Gasteiger partial charge in [-0.2, -0.15) is 0 Å². The Morgan fingerprint density at radius 2 is 2.14 bits per heavy atom. The Hall–Kier alpha value is -1.62. The summed E-state index contributed by atoms with van der Waals surface area (Å²) < 4.78 is 0. The molecule has 1 saturated carbocycles. The first-order chi connectivity index (χ1) is 9.93. The standard InChI is InChI=1S/C16H26N4O/c1-16(2)8-6-13(7-9-16)20(3)11-12-5-4-10-18-14(12)15(17)19-21/h4-5,10,13,21H,6-9,11H2,1-3H3,(H2,17,19). The van der Waals surface area contributed by atoms with Crippen molar-refractivity contribution < 1.29 is 5.21 Å². The molecule has 21 heavy (non-hydrogen) atoms. The van der Waals surface area contributed by atoms with E-state index in [9.17, 15) is 0 Å². The van der Waals surface area contributed by atoms with Crippen molar-refractivity contribution in [3.63, 3.8) is 0 Å². The minimum atomic E-state index is 0.0729. The van der Waals surface area contributed by atoms with Crippen LogP contribution in [0.5, 0.6) is 0 Å². The third kappa shape index (κ3) is 3.94. The molecule has 2 rings (SSSR count). The van der Waals surface area contributed by atoms with Gasteiger partial charge in [-0.05, 0) is 49.8 Å². The van der Waals surface area contributed by atoms with Gasteiger partial charge in [-0.25, -0.2) is 0 Å². The second kappa shape index (κ2) is 6.43. The molecule has 3 N–H and O–H groups in total. The van der Waals surface area contributed by atoms with Crippen molar-refractivity contribution in [1.82, 2.24) is 9.88 Å². The van der Waals surface area contributed by atoms with Crippen molar-refractivity contribution in [3.05, 3.63) is 29.6 Å². The first-order valence-corrected chi connectivity index (χ1v) is 7.55. The van der Waals surface area contributed by atoms with Gasteiger partial charge in [-0.15, -0.1) is 0 Å². The van der Waals surface area contributed by atoms with Gasteiger partial charge in [0.05, 0.1) is 0 Å². The van der Waals surface area contributed by atoms with E-state index in [-0.39, 0.29) is 5.84 Å². The van der Waals surface area contributed by atoms with Gasteiger partial charge in [-0.3, -0.25) is 9.88 Å². The minimum Gasteiger partial charge on any atom is -0.409 e. The highest BCUT2D eigenvalue weighted by atomic mass is 16.4. The summed E-state index contributed by atoms with van der Waals surface area (Å²) in [5.41, 5.74) is 7.75. The van der Waals surface area contributed by atoms with E-state index in [0.717, 1.165) is 12.1 Å². The maximum atomic E-state index is 8.86. The molecule has 0 spiro atoms. The summed E-state index contributed by atoms with van der Waals surface area (Å²) in [5, 5.41) is 11.9. The molecule has 0 aromatic carbocycles. The predicted octanol–water partition coefficient (Wildman–Crippen LogP) is 2.58. The van der Waals surface area contributed by atoms with E-state index in [4.69, 9.17) is 10.9 Å². The zero-order valence-electron chi connectivity index (χ0n) is 13.2. The quantitative estimate of drug-likeness (QED) is 0.387. The number of hydrogen-bond donors (Lipinski definition) is 2. The summed E-state index contributed by atoms with van der Waals surface area (Å²) in [6.07, 6.45) is 6.65. The van der Waals surface area contributed by atoms with Crippen molar-refractivity contribution >= 4 is 5.84 Å². The Labute approximate surface area is 126 Å². The normalized spacial score (nSPS) is 19.9. The van der Waals surface area contributed by atoms with Gasteiger partial charge in [0, 0.05) is 18.8 Å². The number of hydrogen-bond acceptors (Lipinski definition) is 4. The highest BCUT2D eigenvalue weighted by molar-refractivity contribution is 5.96. The molecule has 1 aromatic heterocycles. The molecule has 1 aliphatic rings. The lowest BCUT2D eigenvalue weighted by atomic mass is 9.75. The molecule has 0 radical (unpaired) electrons. The van der Waals surface area contributed by atoms with Crippen LogP contribution in [0.1, 0.15) is 50.8 Å². The van der Waals surface area contributed by atoms with Crippen LogP contribution in [0.3, 0.4) is 0 Å². The fourth-order valence-electron chi connectivity index (χ4n) is 3.07. The van der Waals surface area contributed by atoms with Crippen LogP contribution in [-0.4, -0.2) is 34.0 Å². The fourth-order valence-corrected chi connectivity index (χ4v) is 3.07. The van der Waals surface area contributed by atoms with Gasteiger partial charge in [0.15, 0.2) is 5.84 Å². The van der Waals surface area contributed by atoms with E-state index in [1.165, 1.54) is 25.7 Å². The van der Waals surface area contributed by atoms with Crippen LogP contribution in [0.15, 0.2) is 23.5 Å². The van der Waals surface area contributed by atoms with Gasteiger partial charge < -0.3 is 10.9 Å². The number of nitrogens with zero attached hydrogens (tertiary/aromatic N) is 3. The average Bonchev–Trinajstić information content (AvgIpc) is 2.46. The van der Waals surface area contributed by atoms with E-state index in [1.54, 1.807) is 6.20 Å². The van der Waals surface area contributed by atoms with Crippen molar-refractivity contribution in [2.45, 2.75) is 52.1 Å². The summed E-state index contributed by atoms with van der Waals surface area (Å²) >= 11 is 0. The third-order valence-corrected chi connectivity index (χ3v) is 4.59. The molecule has 0 atom stereocenters. The third-order valence-electron chi connectivity index (χ3n) is 4.59. The highest BCUT2D eigenvalue weighted by Crippen LogP contribution is 2.36. The molecule has 1 aliphatic carbocycles. The number of rotatable bonds is 4. The van der Waals surface area contributed by atoms with E-state index < -0.39 is 0 Å². The van der Waals surface area contributed by atoms with Gasteiger partial charge in [0.25, 0.3) is 0 Å². The van der Waals surface area contributed by atoms with Gasteiger partial charge in [0.1, 0.15) is 5.69 Å². The van der Waals surface area contributed by atoms with E-state index in [2.05, 4.69) is 35.9 Å². The van der Waals surface area contributed by atoms with Gasteiger partial charge in [0.2, 0.25) is 0 Å². The lowest BCUT2D eigenvalue weighted by molar-refractivity contribution is 0.123. The summed E-state index contributed by atoms with van der Waals surface area (Å²) in [5.74, 6) is 0.0729. The average molecular weight is 290 g/mol. The number of nitrogens with two attached hydrogens (primary N) is 1. The zero-order chi connectivity index (χ0) is 15.5. The number of pyridine rings is 1. The van der Waals surface area contributed by atoms with E-state index in [1.807, 2.05) is 12.1 Å². The summed E-state index contributed by atoms with van der Waals surface area (Å²) in [6, 6.07) is 4.48. The van der Waals surface area contributed by atoms with Crippen LogP contribution in [0.25, 0.3) is 0 Å². The smallest absolute Gasteiger partial charge is 0.189 e. The van der Waals surface area contributed by atoms with Crippen molar-refractivity contribution in [2.75, 3.05) is 7.05 Å². The molecule has 116 valence electrons. The Morgan fingerprint density at radius 3 is 2.76 bits per heavy atom. The van der Waals surface area contributed by atoms with Crippen LogP contribution >= 0.6 is 0 Å². The Kier molecular flexibility index (Phi) is 4.83. The molecule has 0 aliphatic heterocycles. The first kappa shape index (κ1) is 15.8.